The Bertz CT molecular complexity index is 402. The van der Waals surface area contributed by atoms with E-state index in [0.29, 0.717) is 5.92 Å². The van der Waals surface area contributed by atoms with Gasteiger partial charge in [0.25, 0.3) is 0 Å². The summed E-state index contributed by atoms with van der Waals surface area (Å²) in [6.45, 7) is 6.28. The molecule has 0 amide bonds. The molecule has 2 N–H and O–H groups in total. The summed E-state index contributed by atoms with van der Waals surface area (Å²) in [6.07, 6.45) is 3.87. The highest BCUT2D eigenvalue weighted by Gasteiger charge is 2.42. The maximum Gasteiger partial charge on any atom is 0.0357 e. The van der Waals surface area contributed by atoms with Crippen LogP contribution in [-0.4, -0.2) is 24.0 Å². The number of nitrogens with two attached hydrogens (primary N) is 1. The van der Waals surface area contributed by atoms with E-state index in [0.717, 1.165) is 13.1 Å². The molecular formula is C16H26N2. The van der Waals surface area contributed by atoms with Gasteiger partial charge in [0, 0.05) is 18.6 Å². The first-order chi connectivity index (χ1) is 8.58. The minimum atomic E-state index is 0.212. The van der Waals surface area contributed by atoms with E-state index in [1.165, 1.54) is 30.4 Å². The van der Waals surface area contributed by atoms with Gasteiger partial charge in [0.05, 0.1) is 0 Å². The Balaban J connectivity index is 2.13. The predicted octanol–water partition coefficient (Wildman–Crippen LogP) is 2.94. The Morgan fingerprint density at radius 1 is 1.44 bits per heavy atom. The highest BCUT2D eigenvalue weighted by atomic mass is 15.2. The molecular weight excluding hydrogens is 220 g/mol. The number of benzene rings is 1. The molecule has 100 valence electrons. The largest absolute Gasteiger partial charge is 0.329 e. The van der Waals surface area contributed by atoms with Crippen molar-refractivity contribution < 1.29 is 0 Å². The number of hydrogen-bond acceptors (Lipinski definition) is 2. The molecule has 2 nitrogen and oxygen atoms in total. The fourth-order valence-corrected chi connectivity index (χ4v) is 3.50. The zero-order chi connectivity index (χ0) is 13.2. The predicted molar refractivity (Wildman–Crippen MR) is 77.4 cm³/mol. The van der Waals surface area contributed by atoms with Crippen LogP contribution in [0.25, 0.3) is 0 Å². The molecule has 0 heterocycles. The van der Waals surface area contributed by atoms with Crippen molar-refractivity contribution in [3.63, 3.8) is 0 Å². The first kappa shape index (κ1) is 13.6. The van der Waals surface area contributed by atoms with Crippen molar-refractivity contribution in [3.05, 3.63) is 35.4 Å². The van der Waals surface area contributed by atoms with Crippen LogP contribution in [0.5, 0.6) is 0 Å². The van der Waals surface area contributed by atoms with Gasteiger partial charge in [-0.15, -0.1) is 0 Å². The van der Waals surface area contributed by atoms with Crippen LogP contribution in [0.3, 0.4) is 0 Å². The van der Waals surface area contributed by atoms with E-state index in [2.05, 4.69) is 50.1 Å². The van der Waals surface area contributed by atoms with E-state index in [1.807, 2.05) is 0 Å². The Hall–Kier alpha value is -0.860. The second-order valence-electron chi connectivity index (χ2n) is 5.95. The number of nitrogens with zero attached hydrogens (tertiary/aromatic N) is 1. The molecule has 0 bridgehead atoms. The molecule has 0 aromatic heterocycles. The Morgan fingerprint density at radius 2 is 2.22 bits per heavy atom. The minimum absolute atomic E-state index is 0.212. The molecule has 2 atom stereocenters. The normalized spacial score (nSPS) is 27.9. The van der Waals surface area contributed by atoms with Crippen LogP contribution in [0.4, 0.5) is 0 Å². The Morgan fingerprint density at radius 3 is 2.78 bits per heavy atom. The molecule has 0 aliphatic heterocycles. The van der Waals surface area contributed by atoms with E-state index in [-0.39, 0.29) is 5.54 Å². The SMILES string of the molecule is Cc1cccc(CN(C)C2(CN)CCCC2C)c1. The number of likely N-dealkylation sites (N-methyl/N-ethyl adjacent to an activating group) is 1. The summed E-state index contributed by atoms with van der Waals surface area (Å²) >= 11 is 0. The lowest BCUT2D eigenvalue weighted by molar-refractivity contribution is 0.0841. The van der Waals surface area contributed by atoms with Crippen LogP contribution in [0.2, 0.25) is 0 Å². The van der Waals surface area contributed by atoms with Gasteiger partial charge in [-0.25, -0.2) is 0 Å². The molecule has 2 unspecified atom stereocenters. The third-order valence-corrected chi connectivity index (χ3v) is 4.78. The van der Waals surface area contributed by atoms with Crippen LogP contribution in [0.15, 0.2) is 24.3 Å². The number of aryl methyl sites for hydroxylation is 1. The summed E-state index contributed by atoms with van der Waals surface area (Å²) in [5.74, 6) is 0.706. The highest BCUT2D eigenvalue weighted by molar-refractivity contribution is 5.22. The van der Waals surface area contributed by atoms with Crippen molar-refractivity contribution in [1.29, 1.82) is 0 Å². The topological polar surface area (TPSA) is 29.3 Å². The first-order valence-corrected chi connectivity index (χ1v) is 7.05. The molecule has 1 aliphatic rings. The second kappa shape index (κ2) is 5.41. The molecule has 18 heavy (non-hydrogen) atoms. The van der Waals surface area contributed by atoms with Gasteiger partial charge in [0.15, 0.2) is 0 Å². The summed E-state index contributed by atoms with van der Waals surface area (Å²) < 4.78 is 0. The summed E-state index contributed by atoms with van der Waals surface area (Å²) in [5, 5.41) is 0. The van der Waals surface area contributed by atoms with Gasteiger partial charge in [-0.05, 0) is 38.3 Å². The maximum atomic E-state index is 6.10. The lowest BCUT2D eigenvalue weighted by Gasteiger charge is -2.42. The average Bonchev–Trinajstić information content (AvgIpc) is 2.71. The van der Waals surface area contributed by atoms with E-state index in [9.17, 15) is 0 Å². The first-order valence-electron chi connectivity index (χ1n) is 7.05. The van der Waals surface area contributed by atoms with Crippen molar-refractivity contribution >= 4 is 0 Å². The van der Waals surface area contributed by atoms with Crippen molar-refractivity contribution in [3.8, 4) is 0 Å². The summed E-state index contributed by atoms with van der Waals surface area (Å²) in [7, 11) is 2.23. The molecule has 1 aromatic rings. The smallest absolute Gasteiger partial charge is 0.0357 e. The molecule has 0 saturated heterocycles. The molecule has 1 aromatic carbocycles. The zero-order valence-corrected chi connectivity index (χ0v) is 11.9. The van der Waals surface area contributed by atoms with Gasteiger partial charge < -0.3 is 5.73 Å². The van der Waals surface area contributed by atoms with E-state index in [4.69, 9.17) is 5.73 Å². The Labute approximate surface area is 111 Å². The van der Waals surface area contributed by atoms with Crippen molar-refractivity contribution in [1.82, 2.24) is 4.90 Å². The van der Waals surface area contributed by atoms with Crippen molar-refractivity contribution in [2.45, 2.75) is 45.2 Å². The molecule has 0 spiro atoms. The Kier molecular flexibility index (Phi) is 4.08. The third-order valence-electron chi connectivity index (χ3n) is 4.78. The fraction of sp³-hybridized carbons (Fsp3) is 0.625. The van der Waals surface area contributed by atoms with Crippen LogP contribution >= 0.6 is 0 Å². The highest BCUT2D eigenvalue weighted by Crippen LogP contribution is 2.39. The van der Waals surface area contributed by atoms with E-state index < -0.39 is 0 Å². The lowest BCUT2D eigenvalue weighted by atomic mass is 9.86. The molecule has 1 saturated carbocycles. The van der Waals surface area contributed by atoms with Crippen LogP contribution < -0.4 is 5.73 Å². The van der Waals surface area contributed by atoms with Crippen molar-refractivity contribution in [2.24, 2.45) is 11.7 Å². The second-order valence-corrected chi connectivity index (χ2v) is 5.95. The molecule has 0 radical (unpaired) electrons. The number of hydrogen-bond donors (Lipinski definition) is 1. The van der Waals surface area contributed by atoms with Gasteiger partial charge >= 0.3 is 0 Å². The lowest BCUT2D eigenvalue weighted by Crippen LogP contribution is -2.53. The van der Waals surface area contributed by atoms with Crippen LogP contribution in [-0.2, 0) is 6.54 Å². The summed E-state index contributed by atoms with van der Waals surface area (Å²) in [5.41, 5.74) is 9.04. The van der Waals surface area contributed by atoms with Gasteiger partial charge in [-0.1, -0.05) is 43.2 Å². The van der Waals surface area contributed by atoms with Crippen LogP contribution in [0.1, 0.15) is 37.3 Å². The standard InChI is InChI=1S/C16H26N2/c1-13-6-4-8-15(10-13)11-18(3)16(12-17)9-5-7-14(16)2/h4,6,8,10,14H,5,7,9,11-12,17H2,1-3H3. The monoisotopic (exact) mass is 246 g/mol. The van der Waals surface area contributed by atoms with Gasteiger partial charge in [-0.3, -0.25) is 4.90 Å². The van der Waals surface area contributed by atoms with Gasteiger partial charge in [-0.2, -0.15) is 0 Å². The molecule has 1 aliphatic carbocycles. The minimum Gasteiger partial charge on any atom is -0.329 e. The van der Waals surface area contributed by atoms with Crippen LogP contribution in [0, 0.1) is 12.8 Å². The van der Waals surface area contributed by atoms with E-state index in [1.54, 1.807) is 0 Å². The molecule has 1 fully saturated rings. The third kappa shape index (κ3) is 2.45. The van der Waals surface area contributed by atoms with E-state index >= 15 is 0 Å². The molecule has 2 rings (SSSR count). The number of rotatable bonds is 4. The fourth-order valence-electron chi connectivity index (χ4n) is 3.50. The zero-order valence-electron chi connectivity index (χ0n) is 11.9. The summed E-state index contributed by atoms with van der Waals surface area (Å²) in [4.78, 5) is 2.49. The van der Waals surface area contributed by atoms with Gasteiger partial charge in [0.1, 0.15) is 0 Å². The average molecular weight is 246 g/mol. The van der Waals surface area contributed by atoms with Crippen molar-refractivity contribution in [2.75, 3.05) is 13.6 Å². The molecule has 2 heteroatoms. The maximum absolute atomic E-state index is 6.10. The van der Waals surface area contributed by atoms with Gasteiger partial charge in [0.2, 0.25) is 0 Å². The summed E-state index contributed by atoms with van der Waals surface area (Å²) in [6, 6.07) is 8.79. The quantitative estimate of drug-likeness (QED) is 0.885.